The van der Waals surface area contributed by atoms with Gasteiger partial charge in [0.15, 0.2) is 0 Å². The zero-order valence-corrected chi connectivity index (χ0v) is 7.56. The van der Waals surface area contributed by atoms with Crippen LogP contribution in [-0.2, 0) is 0 Å². The maximum atomic E-state index is 10.8. The van der Waals surface area contributed by atoms with Crippen molar-refractivity contribution in [2.75, 3.05) is 0 Å². The molecule has 0 aliphatic rings. The lowest BCUT2D eigenvalue weighted by atomic mass is 10.1. The van der Waals surface area contributed by atoms with Crippen molar-refractivity contribution < 1.29 is 14.4 Å². The summed E-state index contributed by atoms with van der Waals surface area (Å²) in [5.74, 6) is -1.01. The van der Waals surface area contributed by atoms with Gasteiger partial charge in [-0.05, 0) is 12.1 Å². The molecule has 0 unspecified atom stereocenters. The van der Waals surface area contributed by atoms with Crippen LogP contribution in [0.4, 0.5) is 0 Å². The van der Waals surface area contributed by atoms with Gasteiger partial charge < -0.3 is 9.63 Å². The summed E-state index contributed by atoms with van der Waals surface area (Å²) in [7, 11) is 0. The number of aromatic nitrogens is 1. The third kappa shape index (κ3) is 1.80. The average Bonchev–Trinajstić information content (AvgIpc) is 2.65. The van der Waals surface area contributed by atoms with Crippen LogP contribution in [0.25, 0.3) is 11.3 Å². The van der Waals surface area contributed by atoms with Gasteiger partial charge in [-0.3, -0.25) is 0 Å². The molecule has 0 amide bonds. The van der Waals surface area contributed by atoms with Crippen molar-refractivity contribution in [1.82, 2.24) is 5.16 Å². The van der Waals surface area contributed by atoms with Crippen molar-refractivity contribution in [2.45, 2.75) is 0 Å². The van der Waals surface area contributed by atoms with E-state index in [0.29, 0.717) is 11.3 Å². The summed E-state index contributed by atoms with van der Waals surface area (Å²) in [5.41, 5.74) is 0.726. The van der Waals surface area contributed by atoms with Gasteiger partial charge in [0.1, 0.15) is 0 Å². The monoisotopic (exact) mass is 205 g/mol. The van der Waals surface area contributed by atoms with Gasteiger partial charge in [-0.25, -0.2) is 14.7 Å². The topological polar surface area (TPSA) is 83.3 Å². The first-order valence-electron chi connectivity index (χ1n) is 4.19. The van der Waals surface area contributed by atoms with Gasteiger partial charge in [0.2, 0.25) is 0 Å². The Bertz CT molecular complexity index is 552. The molecule has 0 aliphatic heterocycles. The predicted octanol–water partition coefficient (Wildman–Crippen LogP) is 1.33. The lowest BCUT2D eigenvalue weighted by molar-refractivity contribution is 0.0697. The second-order valence-electron chi connectivity index (χ2n) is 2.97. The standard InChI is InChI=1S/C10H7NO4/c12-9-5-8(11-15-9)6-2-1-3-7(4-6)10(13)14/h1-5,11H,(H,13,14). The number of benzene rings is 1. The first kappa shape index (κ1) is 9.26. The van der Waals surface area contributed by atoms with Crippen LogP contribution in [0.1, 0.15) is 10.4 Å². The first-order chi connectivity index (χ1) is 7.16. The smallest absolute Gasteiger partial charge is 0.357 e. The van der Waals surface area contributed by atoms with E-state index in [1.165, 1.54) is 18.2 Å². The molecule has 5 heteroatoms. The van der Waals surface area contributed by atoms with Crippen molar-refractivity contribution >= 4 is 5.97 Å². The number of hydrogen-bond acceptors (Lipinski definition) is 3. The molecule has 15 heavy (non-hydrogen) atoms. The Morgan fingerprint density at radius 1 is 1.33 bits per heavy atom. The summed E-state index contributed by atoms with van der Waals surface area (Å²) in [6.45, 7) is 0. The molecule has 0 fully saturated rings. The van der Waals surface area contributed by atoms with E-state index in [9.17, 15) is 9.59 Å². The van der Waals surface area contributed by atoms with Crippen LogP contribution in [0.2, 0.25) is 0 Å². The van der Waals surface area contributed by atoms with Crippen molar-refractivity contribution in [3.63, 3.8) is 0 Å². The summed E-state index contributed by atoms with van der Waals surface area (Å²) in [4.78, 5) is 21.5. The van der Waals surface area contributed by atoms with E-state index in [-0.39, 0.29) is 5.56 Å². The van der Waals surface area contributed by atoms with Crippen molar-refractivity contribution in [3.8, 4) is 11.3 Å². The molecule has 0 saturated heterocycles. The Hall–Kier alpha value is -2.30. The third-order valence-electron chi connectivity index (χ3n) is 1.94. The molecule has 2 N–H and O–H groups in total. The van der Waals surface area contributed by atoms with Crippen LogP contribution in [0, 0.1) is 0 Å². The van der Waals surface area contributed by atoms with E-state index >= 15 is 0 Å². The number of rotatable bonds is 2. The number of aromatic carboxylic acids is 1. The molecule has 0 radical (unpaired) electrons. The Kier molecular flexibility index (Phi) is 2.13. The second-order valence-corrected chi connectivity index (χ2v) is 2.97. The first-order valence-corrected chi connectivity index (χ1v) is 4.19. The molecule has 0 aliphatic carbocycles. The lowest BCUT2D eigenvalue weighted by Crippen LogP contribution is -1.95. The highest BCUT2D eigenvalue weighted by molar-refractivity contribution is 5.89. The summed E-state index contributed by atoms with van der Waals surface area (Å²) in [5, 5.41) is 11.2. The van der Waals surface area contributed by atoms with Gasteiger partial charge in [-0.15, -0.1) is 0 Å². The summed E-state index contributed by atoms with van der Waals surface area (Å²) >= 11 is 0. The van der Waals surface area contributed by atoms with Gasteiger partial charge in [0, 0.05) is 5.56 Å². The number of nitrogens with one attached hydrogen (secondary N) is 1. The van der Waals surface area contributed by atoms with Gasteiger partial charge in [-0.2, -0.15) is 0 Å². The van der Waals surface area contributed by atoms with Crippen LogP contribution in [0.3, 0.4) is 0 Å². The number of H-pyrrole nitrogens is 1. The predicted molar refractivity (Wildman–Crippen MR) is 51.7 cm³/mol. The average molecular weight is 205 g/mol. The zero-order valence-electron chi connectivity index (χ0n) is 7.56. The number of hydrogen-bond donors (Lipinski definition) is 2. The normalized spacial score (nSPS) is 10.1. The number of carbonyl (C=O) groups is 1. The molecule has 0 saturated carbocycles. The van der Waals surface area contributed by atoms with E-state index in [1.807, 2.05) is 0 Å². The minimum Gasteiger partial charge on any atom is -0.478 e. The number of aromatic amines is 1. The molecule has 1 heterocycles. The van der Waals surface area contributed by atoms with Gasteiger partial charge in [-0.1, -0.05) is 12.1 Å². The van der Waals surface area contributed by atoms with Crippen molar-refractivity contribution in [1.29, 1.82) is 0 Å². The summed E-state index contributed by atoms with van der Waals surface area (Å²) < 4.78 is 4.49. The SMILES string of the molecule is O=C(O)c1cccc(-c2cc(=O)o[nH]2)c1. The summed E-state index contributed by atoms with van der Waals surface area (Å²) in [6, 6.07) is 7.49. The highest BCUT2D eigenvalue weighted by Gasteiger charge is 2.06. The minimum atomic E-state index is -1.01. The molecular weight excluding hydrogens is 198 g/mol. The number of carboxylic acid groups (broad SMARTS) is 1. The highest BCUT2D eigenvalue weighted by atomic mass is 16.5. The van der Waals surface area contributed by atoms with E-state index in [2.05, 4.69) is 9.68 Å². The van der Waals surface area contributed by atoms with Gasteiger partial charge in [0.25, 0.3) is 0 Å². The Morgan fingerprint density at radius 3 is 2.73 bits per heavy atom. The Labute approximate surface area is 83.9 Å². The van der Waals surface area contributed by atoms with Gasteiger partial charge >= 0.3 is 11.6 Å². The summed E-state index contributed by atoms with van der Waals surface area (Å²) in [6.07, 6.45) is 0. The van der Waals surface area contributed by atoms with E-state index in [0.717, 1.165) is 0 Å². The van der Waals surface area contributed by atoms with Crippen LogP contribution < -0.4 is 5.63 Å². The molecule has 1 aromatic carbocycles. The molecule has 5 nitrogen and oxygen atoms in total. The molecule has 2 aromatic rings. The molecule has 0 atom stereocenters. The fourth-order valence-electron chi connectivity index (χ4n) is 1.24. The van der Waals surface area contributed by atoms with Crippen LogP contribution in [0.15, 0.2) is 39.6 Å². The fraction of sp³-hybridized carbons (Fsp3) is 0. The fourth-order valence-corrected chi connectivity index (χ4v) is 1.24. The molecule has 0 bridgehead atoms. The quantitative estimate of drug-likeness (QED) is 0.774. The van der Waals surface area contributed by atoms with Gasteiger partial charge in [0.05, 0.1) is 17.3 Å². The lowest BCUT2D eigenvalue weighted by Gasteiger charge is -1.98. The van der Waals surface area contributed by atoms with Crippen molar-refractivity contribution in [3.05, 3.63) is 46.3 Å². The maximum Gasteiger partial charge on any atom is 0.357 e. The zero-order chi connectivity index (χ0) is 10.8. The minimum absolute atomic E-state index is 0.162. The third-order valence-corrected chi connectivity index (χ3v) is 1.94. The Balaban J connectivity index is 2.49. The molecular formula is C10H7NO4. The highest BCUT2D eigenvalue weighted by Crippen LogP contribution is 2.16. The Morgan fingerprint density at radius 2 is 2.13 bits per heavy atom. The molecule has 0 spiro atoms. The van der Waals surface area contributed by atoms with Crippen LogP contribution in [0.5, 0.6) is 0 Å². The van der Waals surface area contributed by atoms with Crippen LogP contribution in [-0.4, -0.2) is 16.2 Å². The molecule has 2 rings (SSSR count). The van der Waals surface area contributed by atoms with Crippen molar-refractivity contribution in [2.24, 2.45) is 0 Å². The van der Waals surface area contributed by atoms with E-state index in [4.69, 9.17) is 5.11 Å². The van der Waals surface area contributed by atoms with E-state index in [1.54, 1.807) is 12.1 Å². The largest absolute Gasteiger partial charge is 0.478 e. The second kappa shape index (κ2) is 3.45. The molecule has 1 aromatic heterocycles. The van der Waals surface area contributed by atoms with E-state index < -0.39 is 11.6 Å². The molecule has 76 valence electrons. The number of carboxylic acids is 1. The van der Waals surface area contributed by atoms with Crippen LogP contribution >= 0.6 is 0 Å². The maximum absolute atomic E-state index is 10.8.